The SMILES string of the molecule is CC(C)CC(=O)/C=C(\O)CC(C)C.Cc1cc[c-]c(-c2cc(CC(C)C)c3cc4c(cc3n2)C(C)(C)c2ccccc2-4)c1.[Ir]. The maximum Gasteiger partial charge on any atom is 0.159 e. The van der Waals surface area contributed by atoms with Crippen LogP contribution in [-0.2, 0) is 36.7 Å². The number of hydrogen-bond donors (Lipinski definition) is 1. The Balaban J connectivity index is 0.000000324. The van der Waals surface area contributed by atoms with E-state index < -0.39 is 0 Å². The fraction of sp³-hybridized carbons (Fsp3) is 0.400. The van der Waals surface area contributed by atoms with Gasteiger partial charge in [-0.2, -0.15) is 0 Å². The molecule has 1 N–H and O–H groups in total. The van der Waals surface area contributed by atoms with Gasteiger partial charge in [0, 0.05) is 49.8 Å². The summed E-state index contributed by atoms with van der Waals surface area (Å²) in [6.45, 7) is 19.4. The summed E-state index contributed by atoms with van der Waals surface area (Å²) in [7, 11) is 0. The van der Waals surface area contributed by atoms with E-state index in [0.29, 0.717) is 30.6 Å². The van der Waals surface area contributed by atoms with Gasteiger partial charge < -0.3 is 5.11 Å². The molecule has 4 heteroatoms. The molecule has 235 valence electrons. The molecule has 0 fully saturated rings. The van der Waals surface area contributed by atoms with E-state index in [2.05, 4.69) is 95.3 Å². The first-order valence-corrected chi connectivity index (χ1v) is 15.7. The smallest absolute Gasteiger partial charge is 0.159 e. The van der Waals surface area contributed by atoms with E-state index in [4.69, 9.17) is 4.98 Å². The van der Waals surface area contributed by atoms with Crippen molar-refractivity contribution < 1.29 is 30.0 Å². The summed E-state index contributed by atoms with van der Waals surface area (Å²) in [5.41, 5.74) is 11.3. The maximum atomic E-state index is 11.2. The minimum atomic E-state index is -0.00846. The van der Waals surface area contributed by atoms with E-state index in [1.54, 1.807) is 0 Å². The van der Waals surface area contributed by atoms with Crippen LogP contribution in [0, 0.1) is 30.7 Å². The molecule has 1 heterocycles. The molecule has 0 bridgehead atoms. The van der Waals surface area contributed by atoms with Crippen molar-refractivity contribution in [3.8, 4) is 22.4 Å². The van der Waals surface area contributed by atoms with Gasteiger partial charge in [-0.15, -0.1) is 35.4 Å². The number of nitrogens with zero attached hydrogens (tertiary/aromatic N) is 1. The van der Waals surface area contributed by atoms with E-state index in [9.17, 15) is 9.90 Å². The molecule has 1 aromatic heterocycles. The molecule has 44 heavy (non-hydrogen) atoms. The molecule has 1 aliphatic carbocycles. The molecule has 0 unspecified atom stereocenters. The molecule has 3 aromatic carbocycles. The number of hydrogen-bond acceptors (Lipinski definition) is 3. The van der Waals surface area contributed by atoms with Crippen molar-refractivity contribution in [3.63, 3.8) is 0 Å². The third-order valence-corrected chi connectivity index (χ3v) is 8.01. The Kier molecular flexibility index (Phi) is 11.9. The molecule has 4 aromatic rings. The number of aliphatic hydroxyl groups is 1. The van der Waals surface area contributed by atoms with Gasteiger partial charge in [-0.1, -0.05) is 92.6 Å². The van der Waals surface area contributed by atoms with Crippen molar-refractivity contribution in [1.29, 1.82) is 0 Å². The number of ketones is 1. The summed E-state index contributed by atoms with van der Waals surface area (Å²) < 4.78 is 0. The third-order valence-electron chi connectivity index (χ3n) is 8.01. The van der Waals surface area contributed by atoms with E-state index >= 15 is 0 Å². The van der Waals surface area contributed by atoms with Crippen LogP contribution in [0.25, 0.3) is 33.3 Å². The Morgan fingerprint density at radius 2 is 1.57 bits per heavy atom. The van der Waals surface area contributed by atoms with Gasteiger partial charge >= 0.3 is 0 Å². The van der Waals surface area contributed by atoms with Crippen LogP contribution in [0.2, 0.25) is 0 Å². The molecule has 0 saturated heterocycles. The summed E-state index contributed by atoms with van der Waals surface area (Å²) in [6, 6.07) is 25.5. The predicted molar refractivity (Wildman–Crippen MR) is 181 cm³/mol. The van der Waals surface area contributed by atoms with Crippen LogP contribution in [0.4, 0.5) is 0 Å². The van der Waals surface area contributed by atoms with Crippen LogP contribution in [0.15, 0.2) is 72.5 Å². The molecule has 5 rings (SSSR count). The fourth-order valence-corrected chi connectivity index (χ4v) is 6.09. The van der Waals surface area contributed by atoms with Crippen molar-refractivity contribution in [2.45, 2.75) is 87.0 Å². The van der Waals surface area contributed by atoms with Gasteiger partial charge in [0.05, 0.1) is 11.3 Å². The summed E-state index contributed by atoms with van der Waals surface area (Å²) in [5, 5.41) is 10.6. The van der Waals surface area contributed by atoms with Gasteiger partial charge in [-0.25, -0.2) is 0 Å². The van der Waals surface area contributed by atoms with Crippen LogP contribution in [0.1, 0.15) is 90.5 Å². The number of benzene rings is 3. The number of pyridine rings is 1. The topological polar surface area (TPSA) is 50.2 Å². The summed E-state index contributed by atoms with van der Waals surface area (Å²) in [4.78, 5) is 16.3. The fourth-order valence-electron chi connectivity index (χ4n) is 6.09. The zero-order valence-corrected chi connectivity index (χ0v) is 30.2. The van der Waals surface area contributed by atoms with Crippen molar-refractivity contribution in [1.82, 2.24) is 4.98 Å². The quantitative estimate of drug-likeness (QED) is 0.110. The van der Waals surface area contributed by atoms with Gasteiger partial charge in [0.25, 0.3) is 0 Å². The standard InChI is InChI=1S/C29H28N.C11H20O2.Ir/c1-18(2)13-21-15-27(20-10-8-9-19(3)14-20)30-28-17-26-24(16-23(21)28)22-11-6-7-12-25(22)29(26,4)5;1-8(2)5-10(12)7-11(13)6-9(3)4;/h6-9,11-12,14-18H,13H2,1-5H3;7-9,12H,5-6H2,1-4H3;/q-1;;/b;10-7-;. The van der Waals surface area contributed by atoms with Crippen LogP contribution < -0.4 is 0 Å². The maximum absolute atomic E-state index is 11.2. The monoisotopic (exact) mass is 767 g/mol. The number of rotatable bonds is 8. The van der Waals surface area contributed by atoms with Crippen LogP contribution >= 0.6 is 0 Å². The molecule has 1 radical (unpaired) electrons. The van der Waals surface area contributed by atoms with Crippen molar-refractivity contribution in [2.75, 3.05) is 0 Å². The Bertz CT molecular complexity index is 1650. The van der Waals surface area contributed by atoms with Crippen LogP contribution in [-0.4, -0.2) is 15.9 Å². The number of aryl methyl sites for hydroxylation is 1. The second-order valence-corrected chi connectivity index (χ2v) is 13.9. The second-order valence-electron chi connectivity index (χ2n) is 13.9. The number of allylic oxidation sites excluding steroid dienone is 2. The molecule has 1 aliphatic rings. The number of fused-ring (bicyclic) bond motifs is 4. The zero-order chi connectivity index (χ0) is 31.5. The van der Waals surface area contributed by atoms with E-state index in [1.165, 1.54) is 44.8 Å². The van der Waals surface area contributed by atoms with Crippen molar-refractivity contribution in [3.05, 3.63) is 101 Å². The Morgan fingerprint density at radius 3 is 2.20 bits per heavy atom. The van der Waals surface area contributed by atoms with Crippen LogP contribution in [0.5, 0.6) is 0 Å². The molecule has 0 aliphatic heterocycles. The second kappa shape index (κ2) is 14.8. The molecule has 0 amide bonds. The van der Waals surface area contributed by atoms with E-state index in [1.807, 2.05) is 33.8 Å². The molecule has 0 saturated carbocycles. The molecular weight excluding hydrogens is 719 g/mol. The van der Waals surface area contributed by atoms with E-state index in [0.717, 1.165) is 23.2 Å². The van der Waals surface area contributed by atoms with Gasteiger partial charge in [0.1, 0.15) is 0 Å². The molecular formula is C40H48IrNO2-. The first-order chi connectivity index (χ1) is 20.3. The van der Waals surface area contributed by atoms with Crippen LogP contribution in [0.3, 0.4) is 0 Å². The summed E-state index contributed by atoms with van der Waals surface area (Å²) in [6.07, 6.45) is 3.51. The minimum absolute atomic E-state index is 0. The average Bonchev–Trinajstić information content (AvgIpc) is 3.13. The van der Waals surface area contributed by atoms with Crippen molar-refractivity contribution in [2.24, 2.45) is 17.8 Å². The van der Waals surface area contributed by atoms with Gasteiger partial charge in [0.15, 0.2) is 5.78 Å². The molecule has 3 nitrogen and oxygen atoms in total. The zero-order valence-electron chi connectivity index (χ0n) is 27.8. The Hall–Kier alpha value is -3.07. The number of carbonyl (C=O) groups excluding carboxylic acids is 1. The normalized spacial score (nSPS) is 13.4. The minimum Gasteiger partial charge on any atom is -0.512 e. The third kappa shape index (κ3) is 8.34. The Labute approximate surface area is 278 Å². The van der Waals surface area contributed by atoms with Gasteiger partial charge in [-0.05, 0) is 69.8 Å². The Morgan fingerprint density at radius 1 is 0.886 bits per heavy atom. The summed E-state index contributed by atoms with van der Waals surface area (Å²) in [5.74, 6) is 1.56. The summed E-state index contributed by atoms with van der Waals surface area (Å²) >= 11 is 0. The number of carbonyl (C=O) groups is 1. The average molecular weight is 767 g/mol. The van der Waals surface area contributed by atoms with E-state index in [-0.39, 0.29) is 37.1 Å². The molecule has 0 atom stereocenters. The van der Waals surface area contributed by atoms with Crippen molar-refractivity contribution >= 4 is 16.7 Å². The number of aliphatic hydroxyl groups excluding tert-OH is 1. The molecule has 0 spiro atoms. The van der Waals surface area contributed by atoms with Gasteiger partial charge in [0.2, 0.25) is 0 Å². The first-order valence-electron chi connectivity index (χ1n) is 15.7. The van der Waals surface area contributed by atoms with Gasteiger partial charge in [-0.3, -0.25) is 9.78 Å². The predicted octanol–water partition coefficient (Wildman–Crippen LogP) is 10.6. The largest absolute Gasteiger partial charge is 0.512 e. The first kappa shape index (κ1) is 35.4. The number of aromatic nitrogens is 1.